The van der Waals surface area contributed by atoms with Gasteiger partial charge in [-0.1, -0.05) is 36.4 Å². The van der Waals surface area contributed by atoms with Gasteiger partial charge in [0.15, 0.2) is 0 Å². The number of ether oxygens (including phenoxy) is 3. The van der Waals surface area contributed by atoms with E-state index in [1.54, 1.807) is 30.3 Å². The van der Waals surface area contributed by atoms with E-state index in [1.807, 2.05) is 60.7 Å². The normalized spacial score (nSPS) is 13.7. The molecule has 2 heterocycles. The molecule has 0 bridgehead atoms. The van der Waals surface area contributed by atoms with Crippen molar-refractivity contribution >= 4 is 17.4 Å². The number of rotatable bonds is 9. The SMILES string of the molecule is N#C/C(=C\CN1CCOCC1)C(=O)Nc1cccc(Oc2ncnc(N)c2-c2ccc(Oc3ccccc3)cc2)c1. The van der Waals surface area contributed by atoms with Gasteiger partial charge in [-0.05, 0) is 48.0 Å². The third kappa shape index (κ3) is 7.24. The van der Waals surface area contributed by atoms with Crippen LogP contribution in [0.1, 0.15) is 0 Å². The van der Waals surface area contributed by atoms with Crippen LogP contribution in [0, 0.1) is 11.3 Å². The Hall–Kier alpha value is -5.24. The van der Waals surface area contributed by atoms with E-state index in [4.69, 9.17) is 19.9 Å². The maximum absolute atomic E-state index is 12.8. The van der Waals surface area contributed by atoms with Gasteiger partial charge in [0, 0.05) is 31.4 Å². The number of aromatic nitrogens is 2. The van der Waals surface area contributed by atoms with Gasteiger partial charge in [-0.3, -0.25) is 9.69 Å². The lowest BCUT2D eigenvalue weighted by Gasteiger charge is -2.25. The minimum absolute atomic E-state index is 0.0355. The highest BCUT2D eigenvalue weighted by atomic mass is 16.5. The lowest BCUT2D eigenvalue weighted by Crippen LogP contribution is -2.36. The molecule has 0 unspecified atom stereocenters. The number of nitrogens with two attached hydrogens (primary N) is 1. The van der Waals surface area contributed by atoms with E-state index in [0.29, 0.717) is 42.5 Å². The summed E-state index contributed by atoms with van der Waals surface area (Å²) < 4.78 is 17.3. The van der Waals surface area contributed by atoms with Crippen molar-refractivity contribution in [2.24, 2.45) is 0 Å². The Morgan fingerprint density at radius 3 is 2.46 bits per heavy atom. The van der Waals surface area contributed by atoms with Gasteiger partial charge in [0.2, 0.25) is 5.88 Å². The molecule has 10 nitrogen and oxygen atoms in total. The van der Waals surface area contributed by atoms with Crippen molar-refractivity contribution in [2.45, 2.75) is 0 Å². The number of morpholine rings is 1. The Bertz CT molecular complexity index is 1560. The van der Waals surface area contributed by atoms with Gasteiger partial charge in [0.05, 0.1) is 18.8 Å². The number of carbonyl (C=O) groups is 1. The first-order valence-electron chi connectivity index (χ1n) is 13.0. The van der Waals surface area contributed by atoms with Gasteiger partial charge in [-0.15, -0.1) is 0 Å². The summed E-state index contributed by atoms with van der Waals surface area (Å²) in [7, 11) is 0. The Balaban J connectivity index is 1.29. The second-order valence-corrected chi connectivity index (χ2v) is 9.11. The Morgan fingerprint density at radius 2 is 1.71 bits per heavy atom. The molecule has 0 atom stereocenters. The Morgan fingerprint density at radius 1 is 0.976 bits per heavy atom. The highest BCUT2D eigenvalue weighted by Gasteiger charge is 2.16. The Kier molecular flexibility index (Phi) is 8.81. The van der Waals surface area contributed by atoms with Crippen molar-refractivity contribution in [3.05, 3.63) is 96.8 Å². The summed E-state index contributed by atoms with van der Waals surface area (Å²) in [4.78, 5) is 23.3. The van der Waals surface area contributed by atoms with Crippen LogP contribution in [-0.2, 0) is 9.53 Å². The topological polar surface area (TPSA) is 136 Å². The number of hydrogen-bond acceptors (Lipinski definition) is 9. The van der Waals surface area contributed by atoms with Crippen LogP contribution in [0.5, 0.6) is 23.1 Å². The lowest BCUT2D eigenvalue weighted by molar-refractivity contribution is -0.112. The van der Waals surface area contributed by atoms with Gasteiger partial charge in [-0.25, -0.2) is 9.97 Å². The standard InChI is InChI=1S/C31H28N6O4/c32-20-23(13-14-37-15-17-39-18-16-37)30(38)36-24-5-4-8-27(19-24)41-31-28(29(33)34-21-35-31)22-9-11-26(12-10-22)40-25-6-2-1-3-7-25/h1-13,19,21H,14-18H2,(H,36,38)(H2,33,34,35)/b23-13+. The summed E-state index contributed by atoms with van der Waals surface area (Å²) in [6, 6.07) is 25.6. The number of nitrogens with zero attached hydrogens (tertiary/aromatic N) is 4. The fourth-order valence-corrected chi connectivity index (χ4v) is 4.19. The number of benzene rings is 3. The van der Waals surface area contributed by atoms with Crippen LogP contribution in [0.4, 0.5) is 11.5 Å². The molecule has 206 valence electrons. The average molecular weight is 549 g/mol. The van der Waals surface area contributed by atoms with Crippen molar-refractivity contribution < 1.29 is 19.0 Å². The molecule has 5 rings (SSSR count). The van der Waals surface area contributed by atoms with E-state index in [0.717, 1.165) is 24.4 Å². The minimum Gasteiger partial charge on any atom is -0.457 e. The van der Waals surface area contributed by atoms with Gasteiger partial charge < -0.3 is 25.3 Å². The van der Waals surface area contributed by atoms with Crippen molar-refractivity contribution in [1.29, 1.82) is 5.26 Å². The van der Waals surface area contributed by atoms with Crippen LogP contribution in [0.25, 0.3) is 11.1 Å². The van der Waals surface area contributed by atoms with Crippen LogP contribution in [0.15, 0.2) is 96.8 Å². The van der Waals surface area contributed by atoms with Gasteiger partial charge >= 0.3 is 0 Å². The maximum atomic E-state index is 12.8. The summed E-state index contributed by atoms with van der Waals surface area (Å²) in [5, 5.41) is 12.3. The molecule has 1 amide bonds. The molecule has 41 heavy (non-hydrogen) atoms. The van der Waals surface area contributed by atoms with Crippen molar-refractivity contribution in [2.75, 3.05) is 43.9 Å². The van der Waals surface area contributed by atoms with E-state index >= 15 is 0 Å². The molecular weight excluding hydrogens is 520 g/mol. The largest absolute Gasteiger partial charge is 0.457 e. The number of carbonyl (C=O) groups excluding carboxylic acids is 1. The molecular formula is C31H28N6O4. The van der Waals surface area contributed by atoms with Crippen LogP contribution < -0.4 is 20.5 Å². The minimum atomic E-state index is -0.498. The quantitative estimate of drug-likeness (QED) is 0.218. The number of anilines is 2. The van der Waals surface area contributed by atoms with Crippen LogP contribution >= 0.6 is 0 Å². The summed E-state index contributed by atoms with van der Waals surface area (Å²) in [6.07, 6.45) is 2.96. The van der Waals surface area contributed by atoms with E-state index in [-0.39, 0.29) is 17.3 Å². The number of nitrogen functional groups attached to an aromatic ring is 1. The van der Waals surface area contributed by atoms with E-state index < -0.39 is 5.91 Å². The fraction of sp³-hybridized carbons (Fsp3) is 0.161. The molecule has 10 heteroatoms. The zero-order valence-corrected chi connectivity index (χ0v) is 22.2. The first kappa shape index (κ1) is 27.3. The zero-order valence-electron chi connectivity index (χ0n) is 22.2. The van der Waals surface area contributed by atoms with E-state index in [2.05, 4.69) is 20.2 Å². The van der Waals surface area contributed by atoms with Crippen molar-refractivity contribution in [3.63, 3.8) is 0 Å². The van der Waals surface area contributed by atoms with Crippen molar-refractivity contribution in [3.8, 4) is 40.3 Å². The van der Waals surface area contributed by atoms with Crippen LogP contribution in [0.2, 0.25) is 0 Å². The maximum Gasteiger partial charge on any atom is 0.266 e. The molecule has 4 aromatic rings. The molecule has 3 aromatic carbocycles. The van der Waals surface area contributed by atoms with Gasteiger partial charge in [0.1, 0.15) is 41.0 Å². The van der Waals surface area contributed by atoms with E-state index in [1.165, 1.54) is 6.33 Å². The highest BCUT2D eigenvalue weighted by molar-refractivity contribution is 6.06. The number of nitrogens with one attached hydrogen (secondary N) is 1. The van der Waals surface area contributed by atoms with Crippen LogP contribution in [0.3, 0.4) is 0 Å². The molecule has 1 saturated heterocycles. The molecule has 0 saturated carbocycles. The summed E-state index contributed by atoms with van der Waals surface area (Å²) in [6.45, 7) is 3.31. The molecule has 1 aromatic heterocycles. The van der Waals surface area contributed by atoms with Gasteiger partial charge in [0.25, 0.3) is 5.91 Å². The van der Waals surface area contributed by atoms with Crippen LogP contribution in [-0.4, -0.2) is 53.6 Å². The summed E-state index contributed by atoms with van der Waals surface area (Å²) in [5.41, 5.74) is 7.99. The third-order valence-electron chi connectivity index (χ3n) is 6.29. The highest BCUT2D eigenvalue weighted by Crippen LogP contribution is 2.36. The second kappa shape index (κ2) is 13.2. The average Bonchev–Trinajstić information content (AvgIpc) is 2.99. The van der Waals surface area contributed by atoms with Gasteiger partial charge in [-0.2, -0.15) is 5.26 Å². The fourth-order valence-electron chi connectivity index (χ4n) is 4.19. The molecule has 0 aliphatic carbocycles. The smallest absolute Gasteiger partial charge is 0.266 e. The molecule has 1 fully saturated rings. The van der Waals surface area contributed by atoms with E-state index in [9.17, 15) is 10.1 Å². The lowest BCUT2D eigenvalue weighted by atomic mass is 10.1. The summed E-state index contributed by atoms with van der Waals surface area (Å²) >= 11 is 0. The summed E-state index contributed by atoms with van der Waals surface area (Å²) in [5.74, 6) is 1.82. The number of amides is 1. The number of hydrogen-bond donors (Lipinski definition) is 2. The predicted molar refractivity (Wildman–Crippen MR) is 154 cm³/mol. The predicted octanol–water partition coefficient (Wildman–Crippen LogP) is 5.03. The molecule has 0 spiro atoms. The number of nitriles is 1. The molecule has 3 N–H and O–H groups in total. The molecule has 0 radical (unpaired) electrons. The first-order valence-corrected chi connectivity index (χ1v) is 13.0. The first-order chi connectivity index (χ1) is 20.1. The Labute approximate surface area is 237 Å². The number of para-hydroxylation sites is 1. The second-order valence-electron chi connectivity index (χ2n) is 9.11. The molecule has 1 aliphatic heterocycles. The van der Waals surface area contributed by atoms with Crippen molar-refractivity contribution in [1.82, 2.24) is 14.9 Å². The zero-order chi connectivity index (χ0) is 28.4. The monoisotopic (exact) mass is 548 g/mol. The third-order valence-corrected chi connectivity index (χ3v) is 6.29. The molecule has 1 aliphatic rings.